The van der Waals surface area contributed by atoms with Crippen molar-refractivity contribution < 1.29 is 5.11 Å². The van der Waals surface area contributed by atoms with E-state index in [0.717, 1.165) is 18.7 Å². The molecule has 0 fully saturated rings. The first-order valence-corrected chi connectivity index (χ1v) is 6.63. The lowest BCUT2D eigenvalue weighted by Gasteiger charge is -2.28. The maximum absolute atomic E-state index is 9.95. The maximum atomic E-state index is 9.95. The minimum absolute atomic E-state index is 0.284. The molecule has 0 spiro atoms. The monoisotopic (exact) mass is 235 g/mol. The molecule has 0 bridgehead atoms. The number of aryl methyl sites for hydroxylation is 1. The highest BCUT2D eigenvalue weighted by atomic mass is 16.3. The van der Waals surface area contributed by atoms with Crippen LogP contribution in [-0.2, 0) is 0 Å². The van der Waals surface area contributed by atoms with Crippen molar-refractivity contribution in [3.63, 3.8) is 0 Å². The molecular weight excluding hydrogens is 210 g/mol. The van der Waals surface area contributed by atoms with Gasteiger partial charge >= 0.3 is 0 Å². The Labute approximate surface area is 105 Å². The molecule has 1 aromatic rings. The van der Waals surface area contributed by atoms with Crippen LogP contribution in [0.1, 0.15) is 50.8 Å². The molecule has 96 valence electrons. The van der Waals surface area contributed by atoms with E-state index in [1.165, 1.54) is 18.4 Å². The van der Waals surface area contributed by atoms with Gasteiger partial charge in [0.2, 0.25) is 0 Å². The first-order valence-electron chi connectivity index (χ1n) is 6.63. The molecule has 1 aromatic carbocycles. The third-order valence-electron chi connectivity index (χ3n) is 3.39. The molecule has 0 aliphatic carbocycles. The highest BCUT2D eigenvalue weighted by Crippen LogP contribution is 2.29. The summed E-state index contributed by atoms with van der Waals surface area (Å²) in [6.45, 7) is 10.8. The number of aromatic hydroxyl groups is 1. The molecule has 0 saturated carbocycles. The van der Waals surface area contributed by atoms with Crippen molar-refractivity contribution in [3.05, 3.63) is 29.3 Å². The number of phenolic OH excluding ortho intramolecular Hbond substituents is 1. The van der Waals surface area contributed by atoms with Crippen LogP contribution < -0.4 is 0 Å². The summed E-state index contributed by atoms with van der Waals surface area (Å²) in [6.07, 6.45) is 2.42. The van der Waals surface area contributed by atoms with Crippen LogP contribution in [0.3, 0.4) is 0 Å². The number of unbranched alkanes of at least 4 members (excludes halogenated alkanes) is 1. The molecule has 1 unspecified atom stereocenters. The number of benzene rings is 1. The molecule has 0 heterocycles. The molecule has 0 aliphatic rings. The zero-order valence-corrected chi connectivity index (χ0v) is 11.5. The summed E-state index contributed by atoms with van der Waals surface area (Å²) in [4.78, 5) is 2.41. The van der Waals surface area contributed by atoms with Crippen LogP contribution in [0.25, 0.3) is 0 Å². The average Bonchev–Trinajstić information content (AvgIpc) is 2.33. The maximum Gasteiger partial charge on any atom is 0.120 e. The van der Waals surface area contributed by atoms with E-state index in [0.29, 0.717) is 5.75 Å². The van der Waals surface area contributed by atoms with Gasteiger partial charge in [-0.25, -0.2) is 0 Å². The molecule has 1 rings (SSSR count). The summed E-state index contributed by atoms with van der Waals surface area (Å²) >= 11 is 0. The van der Waals surface area contributed by atoms with Crippen LogP contribution in [-0.4, -0.2) is 23.1 Å². The Bertz CT molecular complexity index is 349. The van der Waals surface area contributed by atoms with Crippen LogP contribution in [0.4, 0.5) is 0 Å². The minimum atomic E-state index is 0.284. The summed E-state index contributed by atoms with van der Waals surface area (Å²) in [7, 11) is 0. The zero-order valence-electron chi connectivity index (χ0n) is 11.5. The minimum Gasteiger partial charge on any atom is -0.508 e. The van der Waals surface area contributed by atoms with E-state index in [1.54, 1.807) is 6.07 Å². The SMILES string of the molecule is CCCCN(CC)C(C)c1cc(C)ccc1O. The predicted molar refractivity (Wildman–Crippen MR) is 73.4 cm³/mol. The number of hydrogen-bond acceptors (Lipinski definition) is 2. The standard InChI is InChI=1S/C15H25NO/c1-5-7-10-16(6-2)13(4)14-11-12(3)8-9-15(14)17/h8-9,11,13,17H,5-7,10H2,1-4H3. The second-order valence-corrected chi connectivity index (χ2v) is 4.72. The Morgan fingerprint density at radius 1 is 1.29 bits per heavy atom. The number of nitrogens with zero attached hydrogens (tertiary/aromatic N) is 1. The van der Waals surface area contributed by atoms with Crippen molar-refractivity contribution in [2.24, 2.45) is 0 Å². The van der Waals surface area contributed by atoms with Gasteiger partial charge < -0.3 is 5.11 Å². The number of phenols is 1. The van der Waals surface area contributed by atoms with E-state index in [-0.39, 0.29) is 6.04 Å². The van der Waals surface area contributed by atoms with Gasteiger partial charge in [-0.2, -0.15) is 0 Å². The summed E-state index contributed by atoms with van der Waals surface area (Å²) in [5.41, 5.74) is 2.25. The summed E-state index contributed by atoms with van der Waals surface area (Å²) in [5, 5.41) is 9.95. The van der Waals surface area contributed by atoms with Crippen molar-refractivity contribution in [2.75, 3.05) is 13.1 Å². The van der Waals surface area contributed by atoms with Crippen molar-refractivity contribution in [2.45, 2.75) is 46.6 Å². The Balaban J connectivity index is 2.85. The molecule has 17 heavy (non-hydrogen) atoms. The largest absolute Gasteiger partial charge is 0.508 e. The van der Waals surface area contributed by atoms with Crippen LogP contribution in [0, 0.1) is 6.92 Å². The van der Waals surface area contributed by atoms with Gasteiger partial charge in [0.15, 0.2) is 0 Å². The fourth-order valence-electron chi connectivity index (χ4n) is 2.19. The molecule has 0 radical (unpaired) electrons. The summed E-state index contributed by atoms with van der Waals surface area (Å²) < 4.78 is 0. The summed E-state index contributed by atoms with van der Waals surface area (Å²) in [6, 6.07) is 6.13. The lowest BCUT2D eigenvalue weighted by molar-refractivity contribution is 0.215. The Morgan fingerprint density at radius 2 is 2.00 bits per heavy atom. The molecule has 2 heteroatoms. The van der Waals surface area contributed by atoms with Gasteiger partial charge in [-0.15, -0.1) is 0 Å². The highest BCUT2D eigenvalue weighted by Gasteiger charge is 2.16. The molecule has 0 amide bonds. The van der Waals surface area contributed by atoms with Crippen LogP contribution in [0.2, 0.25) is 0 Å². The molecule has 1 atom stereocenters. The van der Waals surface area contributed by atoms with E-state index in [4.69, 9.17) is 0 Å². The zero-order chi connectivity index (χ0) is 12.8. The second-order valence-electron chi connectivity index (χ2n) is 4.72. The third-order valence-corrected chi connectivity index (χ3v) is 3.39. The fourth-order valence-corrected chi connectivity index (χ4v) is 2.19. The van der Waals surface area contributed by atoms with Crippen molar-refractivity contribution in [1.82, 2.24) is 4.90 Å². The van der Waals surface area contributed by atoms with Gasteiger partial charge in [0.25, 0.3) is 0 Å². The van der Waals surface area contributed by atoms with Crippen LogP contribution in [0.5, 0.6) is 5.75 Å². The van der Waals surface area contributed by atoms with E-state index >= 15 is 0 Å². The van der Waals surface area contributed by atoms with E-state index in [1.807, 2.05) is 6.07 Å². The van der Waals surface area contributed by atoms with Crippen molar-refractivity contribution >= 4 is 0 Å². The Morgan fingerprint density at radius 3 is 2.59 bits per heavy atom. The van der Waals surface area contributed by atoms with Gasteiger partial charge in [0.05, 0.1) is 0 Å². The molecule has 0 aromatic heterocycles. The lowest BCUT2D eigenvalue weighted by atomic mass is 10.0. The first kappa shape index (κ1) is 14.0. The quantitative estimate of drug-likeness (QED) is 0.808. The topological polar surface area (TPSA) is 23.5 Å². The van der Waals surface area contributed by atoms with Crippen LogP contribution in [0.15, 0.2) is 18.2 Å². The van der Waals surface area contributed by atoms with Crippen molar-refractivity contribution in [3.8, 4) is 5.75 Å². The molecular formula is C15H25NO. The first-order chi connectivity index (χ1) is 8.10. The van der Waals surface area contributed by atoms with Gasteiger partial charge in [-0.3, -0.25) is 4.90 Å². The molecule has 0 saturated heterocycles. The van der Waals surface area contributed by atoms with E-state index < -0.39 is 0 Å². The normalized spacial score (nSPS) is 13.0. The highest BCUT2D eigenvalue weighted by molar-refractivity contribution is 5.37. The Hall–Kier alpha value is -1.02. The van der Waals surface area contributed by atoms with E-state index in [9.17, 15) is 5.11 Å². The third kappa shape index (κ3) is 3.74. The van der Waals surface area contributed by atoms with Gasteiger partial charge in [0.1, 0.15) is 5.75 Å². The predicted octanol–water partition coefficient (Wildman–Crippen LogP) is 3.88. The molecule has 1 N–H and O–H groups in total. The lowest BCUT2D eigenvalue weighted by Crippen LogP contribution is -2.28. The Kier molecular flexibility index (Phi) is 5.49. The molecule has 2 nitrogen and oxygen atoms in total. The number of hydrogen-bond donors (Lipinski definition) is 1. The summed E-state index contributed by atoms with van der Waals surface area (Å²) in [5.74, 6) is 0.415. The van der Waals surface area contributed by atoms with Gasteiger partial charge in [-0.05, 0) is 39.4 Å². The van der Waals surface area contributed by atoms with Crippen molar-refractivity contribution in [1.29, 1.82) is 0 Å². The number of rotatable bonds is 6. The van der Waals surface area contributed by atoms with Gasteiger partial charge in [-0.1, -0.05) is 38.0 Å². The second kappa shape index (κ2) is 6.65. The molecule has 0 aliphatic heterocycles. The van der Waals surface area contributed by atoms with E-state index in [2.05, 4.69) is 38.7 Å². The van der Waals surface area contributed by atoms with Gasteiger partial charge in [0, 0.05) is 11.6 Å². The smallest absolute Gasteiger partial charge is 0.120 e. The van der Waals surface area contributed by atoms with Crippen LogP contribution >= 0.6 is 0 Å². The fraction of sp³-hybridized carbons (Fsp3) is 0.600. The average molecular weight is 235 g/mol.